The van der Waals surface area contributed by atoms with Crippen molar-refractivity contribution in [2.75, 3.05) is 13.2 Å². The number of rotatable bonds is 71. The summed E-state index contributed by atoms with van der Waals surface area (Å²) in [6, 6.07) is 0. The van der Waals surface area contributed by atoms with Gasteiger partial charge in [-0.1, -0.05) is 386 Å². The quantitative estimate of drug-likeness (QED) is 0.0261. The molecule has 0 radical (unpaired) electrons. The lowest BCUT2D eigenvalue weighted by Crippen LogP contribution is -2.30. The van der Waals surface area contributed by atoms with E-state index in [1.54, 1.807) is 0 Å². The van der Waals surface area contributed by atoms with Gasteiger partial charge in [-0.05, 0) is 44.9 Å². The number of carbonyl (C=O) groups excluding carboxylic acids is 3. The van der Waals surface area contributed by atoms with E-state index in [0.717, 1.165) is 64.2 Å². The van der Waals surface area contributed by atoms with Crippen LogP contribution in [0.5, 0.6) is 0 Å². The Hall–Kier alpha value is -1.85. The van der Waals surface area contributed by atoms with Gasteiger partial charge in [0.15, 0.2) is 6.10 Å². The van der Waals surface area contributed by atoms with Crippen LogP contribution in [0.4, 0.5) is 0 Å². The molecule has 0 aromatic rings. The van der Waals surface area contributed by atoms with E-state index in [1.807, 2.05) is 0 Å². The van der Waals surface area contributed by atoms with Crippen molar-refractivity contribution in [1.82, 2.24) is 0 Å². The fourth-order valence-corrected chi connectivity index (χ4v) is 11.9. The molecule has 0 aromatic heterocycles. The number of hydrogen-bond donors (Lipinski definition) is 0. The molecule has 0 fully saturated rings. The maximum absolute atomic E-state index is 12.9. The third-order valence-corrected chi connectivity index (χ3v) is 17.5. The minimum atomic E-state index is -0.770. The molecular weight excluding hydrogens is 1010 g/mol. The zero-order valence-electron chi connectivity index (χ0n) is 56.1. The standard InChI is InChI=1S/C76H146O6/c1-4-7-10-13-16-19-22-25-28-30-31-32-33-34-35-36-37-38-39-40-41-42-43-44-46-48-51-54-57-60-63-66-69-75(78)81-72-73(71-80-74(77)68-65-62-59-56-53-50-47-27-24-21-18-15-12-9-6-3)82-76(79)70-67-64-61-58-55-52-49-45-29-26-23-20-17-14-11-8-5-2/h27,47,73H,4-26,28-46,48-72H2,1-3H3/b47-27-. The van der Waals surface area contributed by atoms with Gasteiger partial charge in [0.2, 0.25) is 0 Å². The summed E-state index contributed by atoms with van der Waals surface area (Å²) in [5, 5.41) is 0. The van der Waals surface area contributed by atoms with Crippen molar-refractivity contribution in [3.05, 3.63) is 12.2 Å². The van der Waals surface area contributed by atoms with E-state index in [1.165, 1.54) is 334 Å². The topological polar surface area (TPSA) is 78.9 Å². The van der Waals surface area contributed by atoms with Crippen LogP contribution < -0.4 is 0 Å². The molecule has 1 unspecified atom stereocenters. The molecule has 0 bridgehead atoms. The number of ether oxygens (including phenoxy) is 3. The molecule has 1 atom stereocenters. The second kappa shape index (κ2) is 71.6. The maximum atomic E-state index is 12.9. The van der Waals surface area contributed by atoms with Crippen LogP contribution in [0.25, 0.3) is 0 Å². The van der Waals surface area contributed by atoms with Gasteiger partial charge in [-0.3, -0.25) is 14.4 Å². The first-order valence-electron chi connectivity index (χ1n) is 37.7. The Labute approximate surface area is 513 Å². The lowest BCUT2D eigenvalue weighted by atomic mass is 10.0. The molecule has 486 valence electrons. The van der Waals surface area contributed by atoms with Crippen LogP contribution in [0, 0.1) is 0 Å². The van der Waals surface area contributed by atoms with Crippen molar-refractivity contribution < 1.29 is 28.6 Å². The smallest absolute Gasteiger partial charge is 0.306 e. The predicted octanol–water partition coefficient (Wildman–Crippen LogP) is 26.0. The Balaban J connectivity index is 4.12. The van der Waals surface area contributed by atoms with Gasteiger partial charge >= 0.3 is 17.9 Å². The summed E-state index contributed by atoms with van der Waals surface area (Å²) in [6.07, 6.45) is 87.0. The zero-order valence-corrected chi connectivity index (χ0v) is 56.1. The highest BCUT2D eigenvalue weighted by atomic mass is 16.6. The first kappa shape index (κ1) is 80.2. The summed E-state index contributed by atoms with van der Waals surface area (Å²) >= 11 is 0. The van der Waals surface area contributed by atoms with Crippen LogP contribution in [0.2, 0.25) is 0 Å². The molecule has 0 amide bonds. The lowest BCUT2D eigenvalue weighted by molar-refractivity contribution is -0.167. The molecule has 0 aliphatic carbocycles. The average Bonchev–Trinajstić information content (AvgIpc) is 3.48. The normalized spacial score (nSPS) is 12.0. The molecule has 82 heavy (non-hydrogen) atoms. The first-order valence-corrected chi connectivity index (χ1v) is 37.7. The Bertz CT molecular complexity index is 1280. The van der Waals surface area contributed by atoms with Gasteiger partial charge in [0.25, 0.3) is 0 Å². The minimum Gasteiger partial charge on any atom is -0.462 e. The Kier molecular flexibility index (Phi) is 70.0. The fraction of sp³-hybridized carbons (Fsp3) is 0.934. The van der Waals surface area contributed by atoms with Crippen molar-refractivity contribution in [2.24, 2.45) is 0 Å². The molecule has 0 spiro atoms. The van der Waals surface area contributed by atoms with Gasteiger partial charge in [-0.2, -0.15) is 0 Å². The molecule has 0 saturated heterocycles. The number of carbonyl (C=O) groups is 3. The molecule has 0 aromatic carbocycles. The highest BCUT2D eigenvalue weighted by molar-refractivity contribution is 5.71. The van der Waals surface area contributed by atoms with E-state index < -0.39 is 6.10 Å². The van der Waals surface area contributed by atoms with E-state index >= 15 is 0 Å². The van der Waals surface area contributed by atoms with E-state index in [9.17, 15) is 14.4 Å². The van der Waals surface area contributed by atoms with Gasteiger partial charge in [0, 0.05) is 19.3 Å². The SMILES string of the molecule is CCCCCCCC/C=C\CCCCCCCC(=O)OCC(COC(=O)CCCCCCCCCCCCCCCCCCCCCCCCCCCCCCCCCC)OC(=O)CCCCCCCCCCCCCCCCCCC. The summed E-state index contributed by atoms with van der Waals surface area (Å²) in [7, 11) is 0. The van der Waals surface area contributed by atoms with E-state index in [4.69, 9.17) is 14.2 Å². The van der Waals surface area contributed by atoms with Crippen molar-refractivity contribution in [1.29, 1.82) is 0 Å². The minimum absolute atomic E-state index is 0.0655. The molecule has 6 nitrogen and oxygen atoms in total. The van der Waals surface area contributed by atoms with Crippen molar-refractivity contribution in [3.8, 4) is 0 Å². The predicted molar refractivity (Wildman–Crippen MR) is 358 cm³/mol. The molecule has 0 saturated carbocycles. The molecule has 0 N–H and O–H groups in total. The van der Waals surface area contributed by atoms with Crippen molar-refractivity contribution in [3.63, 3.8) is 0 Å². The molecular formula is C76H146O6. The van der Waals surface area contributed by atoms with Gasteiger partial charge in [-0.15, -0.1) is 0 Å². The highest BCUT2D eigenvalue weighted by Gasteiger charge is 2.20. The Morgan fingerprint density at radius 2 is 0.402 bits per heavy atom. The number of esters is 3. The Morgan fingerprint density at radius 3 is 0.610 bits per heavy atom. The molecule has 0 aliphatic heterocycles. The second-order valence-corrected chi connectivity index (χ2v) is 25.9. The third-order valence-electron chi connectivity index (χ3n) is 17.5. The van der Waals surface area contributed by atoms with Crippen LogP contribution >= 0.6 is 0 Å². The van der Waals surface area contributed by atoms with Gasteiger partial charge in [0.1, 0.15) is 13.2 Å². The monoisotopic (exact) mass is 1160 g/mol. The van der Waals surface area contributed by atoms with E-state index in [0.29, 0.717) is 19.3 Å². The summed E-state index contributed by atoms with van der Waals surface area (Å²) < 4.78 is 17.0. The molecule has 0 heterocycles. The van der Waals surface area contributed by atoms with E-state index in [2.05, 4.69) is 32.9 Å². The molecule has 0 rings (SSSR count). The zero-order chi connectivity index (χ0) is 59.2. The van der Waals surface area contributed by atoms with Gasteiger partial charge in [0.05, 0.1) is 0 Å². The molecule has 6 heteroatoms. The highest BCUT2D eigenvalue weighted by Crippen LogP contribution is 2.20. The van der Waals surface area contributed by atoms with Crippen molar-refractivity contribution in [2.45, 2.75) is 444 Å². The summed E-state index contributed by atoms with van der Waals surface area (Å²) in [6.45, 7) is 6.72. The summed E-state index contributed by atoms with van der Waals surface area (Å²) in [5.74, 6) is -0.837. The van der Waals surface area contributed by atoms with Crippen LogP contribution in [0.1, 0.15) is 438 Å². The van der Waals surface area contributed by atoms with Crippen LogP contribution in [-0.4, -0.2) is 37.2 Å². The fourth-order valence-electron chi connectivity index (χ4n) is 11.9. The largest absolute Gasteiger partial charge is 0.462 e. The van der Waals surface area contributed by atoms with E-state index in [-0.39, 0.29) is 31.1 Å². The van der Waals surface area contributed by atoms with Crippen LogP contribution in [0.15, 0.2) is 12.2 Å². The van der Waals surface area contributed by atoms with Gasteiger partial charge in [-0.25, -0.2) is 0 Å². The van der Waals surface area contributed by atoms with Gasteiger partial charge < -0.3 is 14.2 Å². The summed E-state index contributed by atoms with van der Waals surface area (Å²) in [5.41, 5.74) is 0. The van der Waals surface area contributed by atoms with Crippen molar-refractivity contribution >= 4 is 17.9 Å². The maximum Gasteiger partial charge on any atom is 0.306 e. The number of hydrogen-bond acceptors (Lipinski definition) is 6. The molecule has 0 aliphatic rings. The van der Waals surface area contributed by atoms with Crippen LogP contribution in [0.3, 0.4) is 0 Å². The number of allylic oxidation sites excluding steroid dienone is 2. The Morgan fingerprint density at radius 1 is 0.232 bits per heavy atom. The third kappa shape index (κ3) is 68.9. The lowest BCUT2D eigenvalue weighted by Gasteiger charge is -2.18. The first-order chi connectivity index (χ1) is 40.5. The number of unbranched alkanes of at least 4 members (excludes halogenated alkanes) is 58. The van der Waals surface area contributed by atoms with Crippen LogP contribution in [-0.2, 0) is 28.6 Å². The average molecular weight is 1160 g/mol. The summed E-state index contributed by atoms with van der Waals surface area (Å²) in [4.78, 5) is 38.4. The second-order valence-electron chi connectivity index (χ2n) is 25.9.